The van der Waals surface area contributed by atoms with E-state index in [1.807, 2.05) is 20.8 Å². The molecule has 0 saturated heterocycles. The summed E-state index contributed by atoms with van der Waals surface area (Å²) in [5, 5.41) is 9.99. The third-order valence-electron chi connectivity index (χ3n) is 3.23. The summed E-state index contributed by atoms with van der Waals surface area (Å²) in [6, 6.07) is 1.72. The van der Waals surface area contributed by atoms with Gasteiger partial charge in [-0.2, -0.15) is 0 Å². The molecule has 0 unspecified atom stereocenters. The van der Waals surface area contributed by atoms with Crippen molar-refractivity contribution in [3.05, 3.63) is 29.3 Å². The van der Waals surface area contributed by atoms with Crippen LogP contribution in [0, 0.1) is 6.92 Å². The summed E-state index contributed by atoms with van der Waals surface area (Å²) in [4.78, 5) is 11.3. The van der Waals surface area contributed by atoms with E-state index in [1.165, 1.54) is 0 Å². The van der Waals surface area contributed by atoms with Crippen molar-refractivity contribution in [2.75, 3.05) is 18.9 Å². The molecule has 3 N–H and O–H groups in total. The van der Waals surface area contributed by atoms with Crippen LogP contribution in [0.15, 0.2) is 18.2 Å². The molecule has 0 aliphatic heterocycles. The van der Waals surface area contributed by atoms with Crippen molar-refractivity contribution in [2.45, 2.75) is 40.0 Å². The zero-order valence-electron chi connectivity index (χ0n) is 13.9. The van der Waals surface area contributed by atoms with Crippen LogP contribution in [0.25, 0.3) is 0 Å². The molecule has 0 heterocycles. The maximum Gasteiger partial charge on any atom is 0.333 e. The van der Waals surface area contributed by atoms with Crippen LogP contribution in [0.5, 0.6) is 11.5 Å². The van der Waals surface area contributed by atoms with Gasteiger partial charge in [-0.15, -0.1) is 0 Å². The largest absolute Gasteiger partial charge is 0.505 e. The highest BCUT2D eigenvalue weighted by molar-refractivity contribution is 5.86. The molecule has 0 aromatic heterocycles. The van der Waals surface area contributed by atoms with Crippen molar-refractivity contribution in [2.24, 2.45) is 0 Å². The highest BCUT2D eigenvalue weighted by Crippen LogP contribution is 2.41. The molecule has 5 heteroatoms. The second-order valence-electron chi connectivity index (χ2n) is 6.33. The topological polar surface area (TPSA) is 81.8 Å². The minimum absolute atomic E-state index is 0.0157. The molecule has 0 aliphatic rings. The van der Waals surface area contributed by atoms with E-state index < -0.39 is 5.97 Å². The fourth-order valence-electron chi connectivity index (χ4n) is 1.96. The summed E-state index contributed by atoms with van der Waals surface area (Å²) in [6.07, 6.45) is 0. The Morgan fingerprint density at radius 2 is 1.95 bits per heavy atom. The van der Waals surface area contributed by atoms with Crippen molar-refractivity contribution in [1.29, 1.82) is 0 Å². The zero-order chi connectivity index (χ0) is 17.1. The number of anilines is 1. The van der Waals surface area contributed by atoms with E-state index in [0.29, 0.717) is 22.6 Å². The van der Waals surface area contributed by atoms with Gasteiger partial charge in [0, 0.05) is 16.7 Å². The molecule has 0 amide bonds. The lowest BCUT2D eigenvalue weighted by atomic mass is 9.84. The second kappa shape index (κ2) is 6.73. The molecule has 5 nitrogen and oxygen atoms in total. The van der Waals surface area contributed by atoms with Crippen LogP contribution in [0.3, 0.4) is 0 Å². The lowest BCUT2D eigenvalue weighted by molar-refractivity contribution is -0.139. The zero-order valence-corrected chi connectivity index (χ0v) is 13.9. The first-order chi connectivity index (χ1) is 10.1. The SMILES string of the molecule is C=C(C)C(=O)OCCOc1c(C(C)(C)C)cc(N)c(O)c1C. The van der Waals surface area contributed by atoms with Crippen molar-refractivity contribution >= 4 is 11.7 Å². The number of ether oxygens (including phenoxy) is 2. The lowest BCUT2D eigenvalue weighted by Crippen LogP contribution is -2.18. The summed E-state index contributed by atoms with van der Waals surface area (Å²) in [6.45, 7) is 13.2. The Balaban J connectivity index is 2.92. The standard InChI is InChI=1S/C17H25NO4/c1-10(2)16(20)22-8-7-21-15-11(3)14(19)13(18)9-12(15)17(4,5)6/h9,19H,1,7-8,18H2,2-6H3. The van der Waals surface area contributed by atoms with Crippen LogP contribution >= 0.6 is 0 Å². The molecule has 0 atom stereocenters. The molecule has 0 saturated carbocycles. The Morgan fingerprint density at radius 1 is 1.36 bits per heavy atom. The molecular formula is C17H25NO4. The van der Waals surface area contributed by atoms with Gasteiger partial charge in [-0.05, 0) is 25.3 Å². The van der Waals surface area contributed by atoms with Gasteiger partial charge in [0.1, 0.15) is 24.7 Å². The normalized spacial score (nSPS) is 11.1. The van der Waals surface area contributed by atoms with Gasteiger partial charge < -0.3 is 20.3 Å². The molecule has 1 rings (SSSR count). The van der Waals surface area contributed by atoms with E-state index in [1.54, 1.807) is 19.9 Å². The summed E-state index contributed by atoms with van der Waals surface area (Å²) >= 11 is 0. The monoisotopic (exact) mass is 307 g/mol. The fourth-order valence-corrected chi connectivity index (χ4v) is 1.96. The molecule has 0 bridgehead atoms. The quantitative estimate of drug-likeness (QED) is 0.287. The van der Waals surface area contributed by atoms with Gasteiger partial charge in [-0.3, -0.25) is 0 Å². The first kappa shape index (κ1) is 17.9. The van der Waals surface area contributed by atoms with Gasteiger partial charge in [0.25, 0.3) is 0 Å². The molecule has 1 aromatic carbocycles. The summed E-state index contributed by atoms with van der Waals surface area (Å²) in [5.41, 5.74) is 7.77. The number of esters is 1. The maximum absolute atomic E-state index is 11.3. The number of nitrogen functional groups attached to an aromatic ring is 1. The number of benzene rings is 1. The van der Waals surface area contributed by atoms with Crippen LogP contribution in [0.2, 0.25) is 0 Å². The molecule has 0 spiro atoms. The van der Waals surface area contributed by atoms with Crippen LogP contribution in [0.1, 0.15) is 38.8 Å². The van der Waals surface area contributed by atoms with E-state index in [4.69, 9.17) is 15.2 Å². The summed E-state index contributed by atoms with van der Waals surface area (Å²) in [5.74, 6) is 0.143. The van der Waals surface area contributed by atoms with E-state index in [9.17, 15) is 9.90 Å². The summed E-state index contributed by atoms with van der Waals surface area (Å²) < 4.78 is 10.7. The number of carbonyl (C=O) groups excluding carboxylic acids is 1. The number of phenols is 1. The Morgan fingerprint density at radius 3 is 2.45 bits per heavy atom. The number of rotatable bonds is 5. The molecule has 1 aromatic rings. The molecule has 0 radical (unpaired) electrons. The van der Waals surface area contributed by atoms with Gasteiger partial charge >= 0.3 is 5.97 Å². The van der Waals surface area contributed by atoms with Crippen molar-refractivity contribution in [3.63, 3.8) is 0 Å². The lowest BCUT2D eigenvalue weighted by Gasteiger charge is -2.25. The average molecular weight is 307 g/mol. The van der Waals surface area contributed by atoms with Crippen molar-refractivity contribution in [3.8, 4) is 11.5 Å². The smallest absolute Gasteiger partial charge is 0.333 e. The maximum atomic E-state index is 11.3. The Kier molecular flexibility index (Phi) is 5.47. The molecule has 0 aliphatic carbocycles. The van der Waals surface area contributed by atoms with E-state index in [-0.39, 0.29) is 24.4 Å². The van der Waals surface area contributed by atoms with Crippen LogP contribution in [-0.4, -0.2) is 24.3 Å². The van der Waals surface area contributed by atoms with E-state index >= 15 is 0 Å². The van der Waals surface area contributed by atoms with Crippen LogP contribution in [0.4, 0.5) is 5.69 Å². The Bertz CT molecular complexity index is 585. The number of aromatic hydroxyl groups is 1. The minimum Gasteiger partial charge on any atom is -0.505 e. The highest BCUT2D eigenvalue weighted by Gasteiger charge is 2.24. The number of hydrogen-bond donors (Lipinski definition) is 2. The number of carbonyl (C=O) groups is 1. The van der Waals surface area contributed by atoms with Gasteiger partial charge in [-0.25, -0.2) is 4.79 Å². The van der Waals surface area contributed by atoms with E-state index in [2.05, 4.69) is 6.58 Å². The Hall–Kier alpha value is -2.17. The van der Waals surface area contributed by atoms with Crippen molar-refractivity contribution < 1.29 is 19.4 Å². The fraction of sp³-hybridized carbons (Fsp3) is 0.471. The predicted molar refractivity (Wildman–Crippen MR) is 87.2 cm³/mol. The van der Waals surface area contributed by atoms with Crippen LogP contribution < -0.4 is 10.5 Å². The third-order valence-corrected chi connectivity index (χ3v) is 3.23. The summed E-state index contributed by atoms with van der Waals surface area (Å²) in [7, 11) is 0. The molecular weight excluding hydrogens is 282 g/mol. The molecule has 0 fully saturated rings. The van der Waals surface area contributed by atoms with Gasteiger partial charge in [-0.1, -0.05) is 27.4 Å². The molecule has 122 valence electrons. The highest BCUT2D eigenvalue weighted by atomic mass is 16.6. The van der Waals surface area contributed by atoms with Gasteiger partial charge in [0.05, 0.1) is 5.69 Å². The number of nitrogens with two attached hydrogens (primary N) is 1. The molecule has 22 heavy (non-hydrogen) atoms. The van der Waals surface area contributed by atoms with Crippen molar-refractivity contribution in [1.82, 2.24) is 0 Å². The number of phenolic OH excluding ortho intramolecular Hbond substituents is 1. The van der Waals surface area contributed by atoms with Crippen LogP contribution in [-0.2, 0) is 14.9 Å². The minimum atomic E-state index is -0.448. The van der Waals surface area contributed by atoms with E-state index in [0.717, 1.165) is 5.56 Å². The average Bonchev–Trinajstić information content (AvgIpc) is 2.40. The first-order valence-electron chi connectivity index (χ1n) is 7.13. The van der Waals surface area contributed by atoms with Gasteiger partial charge in [0.15, 0.2) is 0 Å². The van der Waals surface area contributed by atoms with Gasteiger partial charge in [0.2, 0.25) is 0 Å². The first-order valence-corrected chi connectivity index (χ1v) is 7.13. The second-order valence-corrected chi connectivity index (χ2v) is 6.33. The number of hydrogen-bond acceptors (Lipinski definition) is 5. The third kappa shape index (κ3) is 4.16. The predicted octanol–water partition coefficient (Wildman–Crippen LogP) is 3.08. The Labute approximate surface area is 131 Å².